The van der Waals surface area contributed by atoms with Gasteiger partial charge in [-0.05, 0) is 55.0 Å². The first-order valence-electron chi connectivity index (χ1n) is 10.6. The monoisotopic (exact) mass is 443 g/mol. The van der Waals surface area contributed by atoms with Gasteiger partial charge in [-0.1, -0.05) is 42.8 Å². The molecule has 1 aliphatic heterocycles. The Morgan fingerprint density at radius 2 is 1.94 bits per heavy atom. The third-order valence-electron chi connectivity index (χ3n) is 5.63. The Bertz CT molecular complexity index is 1130. The smallest absolute Gasteiger partial charge is 0.243 e. The van der Waals surface area contributed by atoms with Crippen molar-refractivity contribution >= 4 is 10.0 Å². The van der Waals surface area contributed by atoms with Crippen LogP contribution in [0.2, 0.25) is 0 Å². The molecule has 31 heavy (non-hydrogen) atoms. The summed E-state index contributed by atoms with van der Waals surface area (Å²) in [6.45, 7) is 3.00. The molecule has 0 bridgehead atoms. The fourth-order valence-electron chi connectivity index (χ4n) is 4.01. The molecular formula is C23H26FN3O3S. The predicted octanol–water partition coefficient (Wildman–Crippen LogP) is 4.47. The van der Waals surface area contributed by atoms with Crippen LogP contribution in [0, 0.1) is 11.7 Å². The molecule has 4 rings (SSSR count). The van der Waals surface area contributed by atoms with Crippen molar-refractivity contribution in [2.75, 3.05) is 13.1 Å². The normalized spacial score (nSPS) is 17.7. The molecule has 0 N–H and O–H groups in total. The minimum Gasteiger partial charge on any atom is -0.339 e. The van der Waals surface area contributed by atoms with E-state index in [1.165, 1.54) is 6.07 Å². The predicted molar refractivity (Wildman–Crippen MR) is 115 cm³/mol. The van der Waals surface area contributed by atoms with Crippen LogP contribution in [0.15, 0.2) is 57.9 Å². The number of aromatic nitrogens is 2. The van der Waals surface area contributed by atoms with Gasteiger partial charge in [0.1, 0.15) is 5.82 Å². The summed E-state index contributed by atoms with van der Waals surface area (Å²) in [6, 6.07) is 13.4. The molecule has 1 aliphatic rings. The van der Waals surface area contributed by atoms with Gasteiger partial charge in [-0.2, -0.15) is 9.29 Å². The number of hydrogen-bond acceptors (Lipinski definition) is 5. The van der Waals surface area contributed by atoms with Gasteiger partial charge in [-0.3, -0.25) is 0 Å². The number of aryl methyl sites for hydroxylation is 1. The van der Waals surface area contributed by atoms with Crippen molar-refractivity contribution in [3.8, 4) is 11.4 Å². The maximum absolute atomic E-state index is 14.0. The highest BCUT2D eigenvalue weighted by Gasteiger charge is 2.31. The van der Waals surface area contributed by atoms with E-state index in [0.29, 0.717) is 30.3 Å². The first kappa shape index (κ1) is 21.6. The molecule has 1 atom stereocenters. The van der Waals surface area contributed by atoms with Crippen molar-refractivity contribution in [1.82, 2.24) is 14.4 Å². The Labute approximate surface area is 182 Å². The van der Waals surface area contributed by atoms with Crippen molar-refractivity contribution in [2.45, 2.75) is 43.9 Å². The molecule has 2 aromatic carbocycles. The standard InChI is InChI=1S/C23H26FN3O3S/c1-2-6-17-10-12-19(13-11-17)31(28,29)27-14-5-7-18(16-27)15-22-25-23(26-30-22)20-8-3-4-9-21(20)24/h3-4,8-13,18H,2,5-7,14-16H2,1H3. The molecule has 1 fully saturated rings. The summed E-state index contributed by atoms with van der Waals surface area (Å²) >= 11 is 0. The van der Waals surface area contributed by atoms with E-state index in [-0.39, 0.29) is 17.3 Å². The van der Waals surface area contributed by atoms with Crippen LogP contribution >= 0.6 is 0 Å². The number of sulfonamides is 1. The maximum Gasteiger partial charge on any atom is 0.243 e. The SMILES string of the molecule is CCCc1ccc(S(=O)(=O)N2CCCC(Cc3nc(-c4ccccc4F)no3)C2)cc1. The van der Waals surface area contributed by atoms with Gasteiger partial charge in [0.05, 0.1) is 10.5 Å². The first-order valence-corrected chi connectivity index (χ1v) is 12.1. The highest BCUT2D eigenvalue weighted by atomic mass is 32.2. The maximum atomic E-state index is 14.0. The highest BCUT2D eigenvalue weighted by Crippen LogP contribution is 2.27. The fourth-order valence-corrected chi connectivity index (χ4v) is 5.57. The quantitative estimate of drug-likeness (QED) is 0.538. The lowest BCUT2D eigenvalue weighted by Crippen LogP contribution is -2.40. The number of nitrogens with zero attached hydrogens (tertiary/aromatic N) is 3. The summed E-state index contributed by atoms with van der Waals surface area (Å²) < 4.78 is 47.1. The molecule has 0 spiro atoms. The zero-order chi connectivity index (χ0) is 21.8. The van der Waals surface area contributed by atoms with Gasteiger partial charge in [0, 0.05) is 19.5 Å². The zero-order valence-corrected chi connectivity index (χ0v) is 18.3. The molecule has 2 heterocycles. The van der Waals surface area contributed by atoms with Crippen molar-refractivity contribution in [1.29, 1.82) is 0 Å². The summed E-state index contributed by atoms with van der Waals surface area (Å²) in [5.74, 6) is 0.263. The van der Waals surface area contributed by atoms with Crippen molar-refractivity contribution in [3.05, 3.63) is 65.8 Å². The van der Waals surface area contributed by atoms with E-state index in [9.17, 15) is 12.8 Å². The molecule has 6 nitrogen and oxygen atoms in total. The lowest BCUT2D eigenvalue weighted by Gasteiger charge is -2.31. The van der Waals surface area contributed by atoms with Crippen LogP contribution in [0.3, 0.4) is 0 Å². The van der Waals surface area contributed by atoms with Crippen molar-refractivity contribution in [3.63, 3.8) is 0 Å². The van der Waals surface area contributed by atoms with E-state index >= 15 is 0 Å². The minimum absolute atomic E-state index is 0.0665. The summed E-state index contributed by atoms with van der Waals surface area (Å²) in [4.78, 5) is 4.65. The second-order valence-electron chi connectivity index (χ2n) is 7.96. The number of piperidine rings is 1. The van der Waals surface area contributed by atoms with Gasteiger partial charge in [-0.15, -0.1) is 0 Å². The number of rotatable bonds is 7. The Hall–Kier alpha value is -2.58. The van der Waals surface area contributed by atoms with E-state index in [0.717, 1.165) is 31.2 Å². The molecule has 1 saturated heterocycles. The number of halogens is 1. The molecule has 1 aromatic heterocycles. The third kappa shape index (κ3) is 4.85. The molecule has 1 unspecified atom stereocenters. The summed E-state index contributed by atoms with van der Waals surface area (Å²) in [5, 5.41) is 3.89. The number of hydrogen-bond donors (Lipinski definition) is 0. The molecule has 8 heteroatoms. The molecular weight excluding hydrogens is 417 g/mol. The highest BCUT2D eigenvalue weighted by molar-refractivity contribution is 7.89. The first-order chi connectivity index (χ1) is 15.0. The van der Waals surface area contributed by atoms with Crippen LogP contribution in [0.4, 0.5) is 4.39 Å². The van der Waals surface area contributed by atoms with Crippen LogP contribution in [-0.2, 0) is 22.9 Å². The fraction of sp³-hybridized carbons (Fsp3) is 0.391. The summed E-state index contributed by atoms with van der Waals surface area (Å²) in [5.41, 5.74) is 1.43. The zero-order valence-electron chi connectivity index (χ0n) is 17.5. The van der Waals surface area contributed by atoms with Gasteiger partial charge < -0.3 is 4.52 Å². The largest absolute Gasteiger partial charge is 0.339 e. The molecule has 0 amide bonds. The lowest BCUT2D eigenvalue weighted by atomic mass is 9.96. The van der Waals surface area contributed by atoms with Crippen LogP contribution < -0.4 is 0 Å². The summed E-state index contributed by atoms with van der Waals surface area (Å²) in [7, 11) is -3.55. The van der Waals surface area contributed by atoms with E-state index < -0.39 is 15.8 Å². The van der Waals surface area contributed by atoms with Crippen LogP contribution in [0.25, 0.3) is 11.4 Å². The van der Waals surface area contributed by atoms with Crippen LogP contribution in [-0.4, -0.2) is 36.0 Å². The van der Waals surface area contributed by atoms with Crippen LogP contribution in [0.1, 0.15) is 37.6 Å². The third-order valence-corrected chi connectivity index (χ3v) is 7.51. The lowest BCUT2D eigenvalue weighted by molar-refractivity contribution is 0.247. The molecule has 0 saturated carbocycles. The van der Waals surface area contributed by atoms with Gasteiger partial charge in [0.25, 0.3) is 0 Å². The Morgan fingerprint density at radius 3 is 2.68 bits per heavy atom. The minimum atomic E-state index is -3.55. The topological polar surface area (TPSA) is 76.3 Å². The Kier molecular flexibility index (Phi) is 6.48. The average molecular weight is 444 g/mol. The molecule has 0 aliphatic carbocycles. The van der Waals surface area contributed by atoms with Crippen molar-refractivity contribution in [2.24, 2.45) is 5.92 Å². The van der Waals surface area contributed by atoms with Gasteiger partial charge in [-0.25, -0.2) is 12.8 Å². The molecule has 164 valence electrons. The van der Waals surface area contributed by atoms with E-state index in [4.69, 9.17) is 4.52 Å². The second kappa shape index (κ2) is 9.28. The van der Waals surface area contributed by atoms with E-state index in [1.54, 1.807) is 34.6 Å². The summed E-state index contributed by atoms with van der Waals surface area (Å²) in [6.07, 6.45) is 4.06. The Morgan fingerprint density at radius 1 is 1.16 bits per heavy atom. The molecule has 3 aromatic rings. The Balaban J connectivity index is 1.44. The molecule has 0 radical (unpaired) electrons. The van der Waals surface area contributed by atoms with Crippen LogP contribution in [0.5, 0.6) is 0 Å². The van der Waals surface area contributed by atoms with Gasteiger partial charge in [0.2, 0.25) is 21.7 Å². The van der Waals surface area contributed by atoms with Gasteiger partial charge >= 0.3 is 0 Å². The number of benzene rings is 2. The second-order valence-corrected chi connectivity index (χ2v) is 9.90. The van der Waals surface area contributed by atoms with E-state index in [1.807, 2.05) is 12.1 Å². The average Bonchev–Trinajstić information content (AvgIpc) is 3.23. The van der Waals surface area contributed by atoms with E-state index in [2.05, 4.69) is 17.1 Å². The van der Waals surface area contributed by atoms with Gasteiger partial charge in [0.15, 0.2) is 0 Å². The van der Waals surface area contributed by atoms with Crippen molar-refractivity contribution < 1.29 is 17.3 Å².